The number of ether oxygens (including phenoxy) is 2. The van der Waals surface area contributed by atoms with Gasteiger partial charge in [-0.3, -0.25) is 0 Å². The predicted octanol–water partition coefficient (Wildman–Crippen LogP) is 2.73. The van der Waals surface area contributed by atoms with Gasteiger partial charge in [0, 0.05) is 32.6 Å². The van der Waals surface area contributed by atoms with Crippen molar-refractivity contribution in [2.45, 2.75) is 31.2 Å². The van der Waals surface area contributed by atoms with Crippen molar-refractivity contribution in [1.29, 1.82) is 0 Å². The molecular formula is C14H18F3NO2. The van der Waals surface area contributed by atoms with Crippen LogP contribution < -0.4 is 5.73 Å². The van der Waals surface area contributed by atoms with Crippen LogP contribution >= 0.6 is 0 Å². The molecule has 0 aliphatic carbocycles. The van der Waals surface area contributed by atoms with Gasteiger partial charge in [-0.2, -0.15) is 13.2 Å². The molecule has 0 amide bonds. The summed E-state index contributed by atoms with van der Waals surface area (Å²) < 4.78 is 48.5. The van der Waals surface area contributed by atoms with Gasteiger partial charge in [0.1, 0.15) is 0 Å². The van der Waals surface area contributed by atoms with Crippen LogP contribution in [0.2, 0.25) is 0 Å². The minimum atomic E-state index is -4.31. The maximum Gasteiger partial charge on any atom is 0.416 e. The fourth-order valence-corrected chi connectivity index (χ4v) is 2.18. The summed E-state index contributed by atoms with van der Waals surface area (Å²) in [5, 5.41) is 0. The monoisotopic (exact) mass is 289 g/mol. The first-order chi connectivity index (χ1) is 9.45. The van der Waals surface area contributed by atoms with E-state index >= 15 is 0 Å². The van der Waals surface area contributed by atoms with Gasteiger partial charge in [0.05, 0.1) is 17.8 Å². The Labute approximate surface area is 115 Å². The summed E-state index contributed by atoms with van der Waals surface area (Å²) in [4.78, 5) is 0. The molecule has 1 saturated heterocycles. The van der Waals surface area contributed by atoms with Gasteiger partial charge in [-0.25, -0.2) is 0 Å². The molecule has 3 nitrogen and oxygen atoms in total. The second-order valence-corrected chi connectivity index (χ2v) is 4.98. The van der Waals surface area contributed by atoms with Crippen LogP contribution in [0.4, 0.5) is 13.2 Å². The lowest BCUT2D eigenvalue weighted by Gasteiger charge is -2.36. The maximum atomic E-state index is 12.5. The lowest BCUT2D eigenvalue weighted by molar-refractivity contribution is -0.137. The Hall–Kier alpha value is -1.11. The highest BCUT2D eigenvalue weighted by molar-refractivity contribution is 5.24. The Bertz CT molecular complexity index is 425. The zero-order valence-electron chi connectivity index (χ0n) is 11.1. The normalized spacial score (nSPS) is 19.0. The molecule has 1 aromatic rings. The van der Waals surface area contributed by atoms with E-state index in [1.54, 1.807) is 0 Å². The third-order valence-electron chi connectivity index (χ3n) is 3.60. The lowest BCUT2D eigenvalue weighted by atomic mass is 9.94. The molecule has 0 unspecified atom stereocenters. The standard InChI is InChI=1S/C14H18F3NO2/c15-14(16,17)12-3-1-11(2-4-12)9-20-13(10-18)5-7-19-8-6-13/h1-4H,5-10,18H2. The number of halogens is 3. The Morgan fingerprint density at radius 3 is 2.25 bits per heavy atom. The van der Waals surface area contributed by atoms with E-state index in [1.807, 2.05) is 0 Å². The number of alkyl halides is 3. The van der Waals surface area contributed by atoms with Crippen LogP contribution in [0.25, 0.3) is 0 Å². The maximum absolute atomic E-state index is 12.5. The van der Waals surface area contributed by atoms with Crippen LogP contribution in [0.15, 0.2) is 24.3 Å². The quantitative estimate of drug-likeness (QED) is 0.927. The van der Waals surface area contributed by atoms with Crippen molar-refractivity contribution in [1.82, 2.24) is 0 Å². The Balaban J connectivity index is 1.96. The molecule has 0 spiro atoms. The largest absolute Gasteiger partial charge is 0.416 e. The van der Waals surface area contributed by atoms with Crippen molar-refractivity contribution in [3.63, 3.8) is 0 Å². The van der Waals surface area contributed by atoms with Crippen LogP contribution in [0.3, 0.4) is 0 Å². The molecule has 1 aromatic carbocycles. The molecule has 2 rings (SSSR count). The van der Waals surface area contributed by atoms with Gasteiger partial charge in [0.15, 0.2) is 0 Å². The van der Waals surface area contributed by atoms with Crippen LogP contribution in [0, 0.1) is 0 Å². The SMILES string of the molecule is NCC1(OCc2ccc(C(F)(F)F)cc2)CCOCC1. The van der Waals surface area contributed by atoms with E-state index < -0.39 is 17.3 Å². The average Bonchev–Trinajstić information content (AvgIpc) is 2.46. The molecule has 0 bridgehead atoms. The molecule has 2 N–H and O–H groups in total. The van der Waals surface area contributed by atoms with Crippen molar-refractivity contribution < 1.29 is 22.6 Å². The number of nitrogens with two attached hydrogens (primary N) is 1. The summed E-state index contributed by atoms with van der Waals surface area (Å²) in [6, 6.07) is 5.01. The molecule has 1 fully saturated rings. The lowest BCUT2D eigenvalue weighted by Crippen LogP contribution is -2.45. The first kappa shape index (κ1) is 15.3. The van der Waals surface area contributed by atoms with E-state index in [2.05, 4.69) is 0 Å². The van der Waals surface area contributed by atoms with Gasteiger partial charge in [-0.05, 0) is 17.7 Å². The van der Waals surface area contributed by atoms with E-state index in [1.165, 1.54) is 12.1 Å². The smallest absolute Gasteiger partial charge is 0.381 e. The van der Waals surface area contributed by atoms with Crippen LogP contribution in [0.5, 0.6) is 0 Å². The van der Waals surface area contributed by atoms with E-state index in [0.717, 1.165) is 12.1 Å². The van der Waals surface area contributed by atoms with E-state index in [0.29, 0.717) is 38.2 Å². The highest BCUT2D eigenvalue weighted by Gasteiger charge is 2.32. The minimum absolute atomic E-state index is 0.259. The van der Waals surface area contributed by atoms with Gasteiger partial charge in [0.25, 0.3) is 0 Å². The van der Waals surface area contributed by atoms with E-state index in [-0.39, 0.29) is 6.61 Å². The molecule has 1 heterocycles. The summed E-state index contributed by atoms with van der Waals surface area (Å²) in [7, 11) is 0. The summed E-state index contributed by atoms with van der Waals surface area (Å²) >= 11 is 0. The van der Waals surface area contributed by atoms with Crippen molar-refractivity contribution in [3.05, 3.63) is 35.4 Å². The molecule has 1 aliphatic rings. The number of hydrogen-bond donors (Lipinski definition) is 1. The van der Waals surface area contributed by atoms with Crippen molar-refractivity contribution in [2.24, 2.45) is 5.73 Å². The Kier molecular flexibility index (Phi) is 4.67. The van der Waals surface area contributed by atoms with Crippen LogP contribution in [0.1, 0.15) is 24.0 Å². The average molecular weight is 289 g/mol. The molecule has 0 aromatic heterocycles. The van der Waals surface area contributed by atoms with Gasteiger partial charge in [-0.15, -0.1) is 0 Å². The molecule has 112 valence electrons. The summed E-state index contributed by atoms with van der Waals surface area (Å²) in [5.41, 5.74) is 5.39. The molecule has 0 atom stereocenters. The molecule has 0 radical (unpaired) electrons. The first-order valence-electron chi connectivity index (χ1n) is 6.53. The van der Waals surface area contributed by atoms with E-state index in [9.17, 15) is 13.2 Å². The molecule has 6 heteroatoms. The van der Waals surface area contributed by atoms with Crippen molar-refractivity contribution in [2.75, 3.05) is 19.8 Å². The molecular weight excluding hydrogens is 271 g/mol. The second-order valence-electron chi connectivity index (χ2n) is 4.98. The first-order valence-corrected chi connectivity index (χ1v) is 6.53. The predicted molar refractivity (Wildman–Crippen MR) is 68.1 cm³/mol. The van der Waals surface area contributed by atoms with Crippen LogP contribution in [-0.2, 0) is 22.3 Å². The Morgan fingerprint density at radius 1 is 1.15 bits per heavy atom. The zero-order chi connectivity index (χ0) is 14.6. The third-order valence-corrected chi connectivity index (χ3v) is 3.60. The molecule has 1 aliphatic heterocycles. The van der Waals surface area contributed by atoms with E-state index in [4.69, 9.17) is 15.2 Å². The third kappa shape index (κ3) is 3.71. The van der Waals surface area contributed by atoms with Gasteiger partial charge in [-0.1, -0.05) is 12.1 Å². The highest BCUT2D eigenvalue weighted by Crippen LogP contribution is 2.30. The van der Waals surface area contributed by atoms with Gasteiger partial charge in [0.2, 0.25) is 0 Å². The zero-order valence-corrected chi connectivity index (χ0v) is 11.1. The number of hydrogen-bond acceptors (Lipinski definition) is 3. The number of rotatable bonds is 4. The van der Waals surface area contributed by atoms with Gasteiger partial charge >= 0.3 is 6.18 Å². The highest BCUT2D eigenvalue weighted by atomic mass is 19.4. The summed E-state index contributed by atoms with van der Waals surface area (Å²) in [6.45, 7) is 1.85. The second kappa shape index (κ2) is 6.11. The number of benzene rings is 1. The van der Waals surface area contributed by atoms with Crippen LogP contribution in [-0.4, -0.2) is 25.4 Å². The minimum Gasteiger partial charge on any atom is -0.381 e. The van der Waals surface area contributed by atoms with Crippen molar-refractivity contribution >= 4 is 0 Å². The van der Waals surface area contributed by atoms with Crippen molar-refractivity contribution in [3.8, 4) is 0 Å². The topological polar surface area (TPSA) is 44.5 Å². The Morgan fingerprint density at radius 2 is 1.75 bits per heavy atom. The fraction of sp³-hybridized carbons (Fsp3) is 0.571. The fourth-order valence-electron chi connectivity index (χ4n) is 2.18. The van der Waals surface area contributed by atoms with Gasteiger partial charge < -0.3 is 15.2 Å². The summed E-state index contributed by atoms with van der Waals surface area (Å²) in [5.74, 6) is 0. The summed E-state index contributed by atoms with van der Waals surface area (Å²) in [6.07, 6.45) is -2.88. The molecule has 20 heavy (non-hydrogen) atoms. The molecule has 0 saturated carbocycles.